The highest BCUT2D eigenvalue weighted by molar-refractivity contribution is 7.18. The summed E-state index contributed by atoms with van der Waals surface area (Å²) in [6.45, 7) is 5.81. The van der Waals surface area contributed by atoms with Crippen LogP contribution in [-0.4, -0.2) is 23.1 Å². The molecule has 4 nitrogen and oxygen atoms in total. The predicted octanol–water partition coefficient (Wildman–Crippen LogP) is 3.47. The molecule has 1 N–H and O–H groups in total. The van der Waals surface area contributed by atoms with Crippen LogP contribution in [0.5, 0.6) is 5.88 Å². The van der Waals surface area contributed by atoms with Crippen molar-refractivity contribution < 1.29 is 4.74 Å². The van der Waals surface area contributed by atoms with Gasteiger partial charge in [0.15, 0.2) is 0 Å². The van der Waals surface area contributed by atoms with Crippen LogP contribution in [0, 0.1) is 5.92 Å². The van der Waals surface area contributed by atoms with E-state index in [0.29, 0.717) is 5.95 Å². The average molecular weight is 277 g/mol. The fourth-order valence-electron chi connectivity index (χ4n) is 1.95. The lowest BCUT2D eigenvalue weighted by Crippen LogP contribution is -2.06. The van der Waals surface area contributed by atoms with Crippen molar-refractivity contribution in [2.24, 2.45) is 5.92 Å². The molecule has 19 heavy (non-hydrogen) atoms. The van der Waals surface area contributed by atoms with Gasteiger partial charge >= 0.3 is 0 Å². The molecule has 0 atom stereocenters. The van der Waals surface area contributed by atoms with Crippen LogP contribution in [0.4, 0.5) is 5.95 Å². The van der Waals surface area contributed by atoms with Crippen molar-refractivity contribution in [3.8, 4) is 5.88 Å². The summed E-state index contributed by atoms with van der Waals surface area (Å²) in [6, 6.07) is 2.16. The van der Waals surface area contributed by atoms with Gasteiger partial charge in [-0.3, -0.25) is 0 Å². The third-order valence-electron chi connectivity index (χ3n) is 3.24. The zero-order valence-electron chi connectivity index (χ0n) is 11.4. The topological polar surface area (TPSA) is 47.0 Å². The standard InChI is InChI=1S/C14H19N3OS/c1-3-10-7-11-12(18-8-9-5-6-9)16-14(15-4-2)17-13(11)19-10/h7,9H,3-6,8H2,1-2H3,(H,15,16,17). The van der Waals surface area contributed by atoms with Gasteiger partial charge in [0.05, 0.1) is 12.0 Å². The first-order chi connectivity index (χ1) is 9.30. The van der Waals surface area contributed by atoms with Crippen LogP contribution in [0.1, 0.15) is 31.6 Å². The molecule has 0 bridgehead atoms. The summed E-state index contributed by atoms with van der Waals surface area (Å²) in [7, 11) is 0. The first kappa shape index (κ1) is 12.7. The molecular formula is C14H19N3OS. The second-order valence-corrected chi connectivity index (χ2v) is 6.04. The highest BCUT2D eigenvalue weighted by Gasteiger charge is 2.23. The Balaban J connectivity index is 1.95. The van der Waals surface area contributed by atoms with Crippen molar-refractivity contribution in [3.63, 3.8) is 0 Å². The Labute approximate surface area is 117 Å². The summed E-state index contributed by atoms with van der Waals surface area (Å²) in [5, 5.41) is 4.23. The Morgan fingerprint density at radius 3 is 2.89 bits per heavy atom. The zero-order chi connectivity index (χ0) is 13.2. The second kappa shape index (κ2) is 5.33. The molecule has 1 aliphatic carbocycles. The second-order valence-electron chi connectivity index (χ2n) is 4.92. The van der Waals surface area contributed by atoms with Crippen LogP contribution >= 0.6 is 11.3 Å². The summed E-state index contributed by atoms with van der Waals surface area (Å²) in [5.74, 6) is 2.14. The Hall–Kier alpha value is -1.36. The van der Waals surface area contributed by atoms with Gasteiger partial charge in [-0.1, -0.05) is 6.92 Å². The molecule has 0 unspecified atom stereocenters. The van der Waals surface area contributed by atoms with E-state index in [1.54, 1.807) is 11.3 Å². The van der Waals surface area contributed by atoms with Crippen LogP contribution in [0.3, 0.4) is 0 Å². The number of fused-ring (bicyclic) bond motifs is 1. The van der Waals surface area contributed by atoms with Crippen LogP contribution < -0.4 is 10.1 Å². The number of aromatic nitrogens is 2. The number of ether oxygens (including phenoxy) is 1. The highest BCUT2D eigenvalue weighted by atomic mass is 32.1. The summed E-state index contributed by atoms with van der Waals surface area (Å²) in [5.41, 5.74) is 0. The third-order valence-corrected chi connectivity index (χ3v) is 4.42. The summed E-state index contributed by atoms with van der Waals surface area (Å²) in [4.78, 5) is 11.4. The molecule has 5 heteroatoms. The zero-order valence-corrected chi connectivity index (χ0v) is 12.2. The van der Waals surface area contributed by atoms with Gasteiger partial charge in [0.25, 0.3) is 0 Å². The largest absolute Gasteiger partial charge is 0.477 e. The van der Waals surface area contributed by atoms with E-state index in [1.807, 2.05) is 6.92 Å². The van der Waals surface area contributed by atoms with Gasteiger partial charge in [-0.05, 0) is 38.2 Å². The van der Waals surface area contributed by atoms with Gasteiger partial charge in [0.1, 0.15) is 4.83 Å². The van der Waals surface area contributed by atoms with Crippen LogP contribution in [0.25, 0.3) is 10.2 Å². The van der Waals surface area contributed by atoms with E-state index in [0.717, 1.165) is 41.6 Å². The average Bonchev–Trinajstić information content (AvgIpc) is 3.14. The predicted molar refractivity (Wildman–Crippen MR) is 79.2 cm³/mol. The Morgan fingerprint density at radius 1 is 1.37 bits per heavy atom. The fourth-order valence-corrected chi connectivity index (χ4v) is 2.91. The molecule has 1 aliphatic rings. The molecule has 0 spiro atoms. The first-order valence-corrected chi connectivity index (χ1v) is 7.79. The van der Waals surface area contributed by atoms with Gasteiger partial charge in [0.2, 0.25) is 11.8 Å². The molecule has 0 amide bonds. The molecular weight excluding hydrogens is 258 g/mol. The Kier molecular flexibility index (Phi) is 3.55. The van der Waals surface area contributed by atoms with Gasteiger partial charge < -0.3 is 10.1 Å². The van der Waals surface area contributed by atoms with Gasteiger partial charge in [-0.25, -0.2) is 4.98 Å². The molecule has 0 radical (unpaired) electrons. The van der Waals surface area contributed by atoms with E-state index in [1.165, 1.54) is 17.7 Å². The molecule has 2 heterocycles. The van der Waals surface area contributed by atoms with Gasteiger partial charge in [-0.15, -0.1) is 11.3 Å². The van der Waals surface area contributed by atoms with Crippen LogP contribution in [-0.2, 0) is 6.42 Å². The highest BCUT2D eigenvalue weighted by Crippen LogP contribution is 2.34. The monoisotopic (exact) mass is 277 g/mol. The molecule has 1 saturated carbocycles. The third kappa shape index (κ3) is 2.81. The number of nitrogens with zero attached hydrogens (tertiary/aromatic N) is 2. The molecule has 1 fully saturated rings. The quantitative estimate of drug-likeness (QED) is 0.878. The SMILES string of the molecule is CCNc1nc(OCC2CC2)c2cc(CC)sc2n1. The summed E-state index contributed by atoms with van der Waals surface area (Å²) in [6.07, 6.45) is 3.61. The van der Waals surface area contributed by atoms with E-state index >= 15 is 0 Å². The van der Waals surface area contributed by atoms with Gasteiger partial charge in [0, 0.05) is 11.4 Å². The smallest absolute Gasteiger partial charge is 0.227 e. The Morgan fingerprint density at radius 2 is 2.21 bits per heavy atom. The minimum Gasteiger partial charge on any atom is -0.477 e. The van der Waals surface area contributed by atoms with E-state index in [9.17, 15) is 0 Å². The number of nitrogens with one attached hydrogen (secondary N) is 1. The maximum Gasteiger partial charge on any atom is 0.227 e. The normalized spacial score (nSPS) is 14.8. The molecule has 0 aromatic carbocycles. The summed E-state index contributed by atoms with van der Waals surface area (Å²) >= 11 is 1.73. The Bertz CT molecular complexity index is 577. The molecule has 102 valence electrons. The van der Waals surface area contributed by atoms with E-state index in [4.69, 9.17) is 4.74 Å². The number of aryl methyl sites for hydroxylation is 1. The molecule has 3 rings (SSSR count). The molecule has 0 saturated heterocycles. The van der Waals surface area contributed by atoms with E-state index in [-0.39, 0.29) is 0 Å². The number of anilines is 1. The van der Waals surface area contributed by atoms with Crippen LogP contribution in [0.2, 0.25) is 0 Å². The van der Waals surface area contributed by atoms with Gasteiger partial charge in [-0.2, -0.15) is 4.98 Å². The van der Waals surface area contributed by atoms with Crippen molar-refractivity contribution in [2.45, 2.75) is 33.1 Å². The number of hydrogen-bond donors (Lipinski definition) is 1. The van der Waals surface area contributed by atoms with E-state index < -0.39 is 0 Å². The molecule has 2 aromatic rings. The summed E-state index contributed by atoms with van der Waals surface area (Å²) < 4.78 is 5.90. The maximum atomic E-state index is 5.90. The lowest BCUT2D eigenvalue weighted by Gasteiger charge is -2.08. The molecule has 0 aliphatic heterocycles. The molecule has 2 aromatic heterocycles. The number of rotatable bonds is 6. The minimum absolute atomic E-state index is 0.672. The minimum atomic E-state index is 0.672. The van der Waals surface area contributed by atoms with Crippen molar-refractivity contribution >= 4 is 27.5 Å². The van der Waals surface area contributed by atoms with Crippen molar-refractivity contribution in [1.82, 2.24) is 9.97 Å². The van der Waals surface area contributed by atoms with Crippen molar-refractivity contribution in [3.05, 3.63) is 10.9 Å². The van der Waals surface area contributed by atoms with Crippen molar-refractivity contribution in [2.75, 3.05) is 18.5 Å². The van der Waals surface area contributed by atoms with Crippen molar-refractivity contribution in [1.29, 1.82) is 0 Å². The lowest BCUT2D eigenvalue weighted by molar-refractivity contribution is 0.292. The van der Waals surface area contributed by atoms with E-state index in [2.05, 4.69) is 28.3 Å². The van der Waals surface area contributed by atoms with Crippen LogP contribution in [0.15, 0.2) is 6.07 Å². The fraction of sp³-hybridized carbons (Fsp3) is 0.571. The lowest BCUT2D eigenvalue weighted by atomic mass is 10.3. The number of hydrogen-bond acceptors (Lipinski definition) is 5. The number of thiophene rings is 1. The first-order valence-electron chi connectivity index (χ1n) is 6.97. The maximum absolute atomic E-state index is 5.90.